The predicted molar refractivity (Wildman–Crippen MR) is 66.4 cm³/mol. The van der Waals surface area contributed by atoms with Crippen molar-refractivity contribution in [3.8, 4) is 0 Å². The average molecular weight is 271 g/mol. The van der Waals surface area contributed by atoms with Crippen molar-refractivity contribution in [3.63, 3.8) is 0 Å². The molecular formula is C12H17NO4S. The van der Waals surface area contributed by atoms with Gasteiger partial charge in [0.1, 0.15) is 12.4 Å². The van der Waals surface area contributed by atoms with Crippen LogP contribution in [0.25, 0.3) is 0 Å². The molecule has 1 heterocycles. The molecule has 0 saturated carbocycles. The third kappa shape index (κ3) is 3.22. The summed E-state index contributed by atoms with van der Waals surface area (Å²) in [5.74, 6) is 0.244. The van der Waals surface area contributed by atoms with Crippen LogP contribution in [0.15, 0.2) is 33.3 Å². The molecule has 2 rings (SSSR count). The molecule has 2 N–H and O–H groups in total. The van der Waals surface area contributed by atoms with Gasteiger partial charge in [-0.1, -0.05) is 11.6 Å². The molecule has 0 amide bonds. The maximum absolute atomic E-state index is 11.8. The van der Waals surface area contributed by atoms with E-state index in [1.165, 1.54) is 24.1 Å². The van der Waals surface area contributed by atoms with E-state index in [2.05, 4.69) is 10.8 Å². The van der Waals surface area contributed by atoms with Crippen molar-refractivity contribution in [2.75, 3.05) is 6.54 Å². The molecule has 1 aromatic heterocycles. The number of nitrogens with one attached hydrogen (secondary N) is 1. The lowest BCUT2D eigenvalue weighted by Crippen LogP contribution is -2.24. The molecule has 0 atom stereocenters. The molecule has 18 heavy (non-hydrogen) atoms. The van der Waals surface area contributed by atoms with Gasteiger partial charge in [-0.3, -0.25) is 0 Å². The fraction of sp³-hybridized carbons (Fsp3) is 0.500. The minimum absolute atomic E-state index is 0.146. The van der Waals surface area contributed by atoms with Crippen molar-refractivity contribution in [2.45, 2.75) is 37.4 Å². The van der Waals surface area contributed by atoms with Gasteiger partial charge in [0, 0.05) is 6.54 Å². The van der Waals surface area contributed by atoms with Gasteiger partial charge in [-0.2, -0.15) is 0 Å². The summed E-state index contributed by atoms with van der Waals surface area (Å²) in [7, 11) is -3.60. The second-order valence-corrected chi connectivity index (χ2v) is 5.98. The number of allylic oxidation sites excluding steroid dienone is 1. The quantitative estimate of drug-likeness (QED) is 0.769. The summed E-state index contributed by atoms with van der Waals surface area (Å²) < 4.78 is 31.2. The molecule has 0 fully saturated rings. The van der Waals surface area contributed by atoms with Gasteiger partial charge in [-0.15, -0.1) is 0 Å². The molecule has 1 aliphatic carbocycles. The van der Waals surface area contributed by atoms with Crippen molar-refractivity contribution < 1.29 is 17.9 Å². The highest BCUT2D eigenvalue weighted by Crippen LogP contribution is 2.20. The molecule has 100 valence electrons. The van der Waals surface area contributed by atoms with Crippen LogP contribution >= 0.6 is 0 Å². The van der Waals surface area contributed by atoms with E-state index in [1.807, 2.05) is 0 Å². The highest BCUT2D eigenvalue weighted by Gasteiger charge is 2.18. The van der Waals surface area contributed by atoms with Crippen molar-refractivity contribution >= 4 is 10.0 Å². The third-order valence-electron chi connectivity index (χ3n) is 2.93. The maximum atomic E-state index is 11.8. The molecular weight excluding hydrogens is 254 g/mol. The molecule has 1 aromatic rings. The Hall–Kier alpha value is -1.11. The largest absolute Gasteiger partial charge is 0.446 e. The Kier molecular flexibility index (Phi) is 4.21. The Bertz CT molecular complexity index is 530. The Balaban J connectivity index is 1.90. The van der Waals surface area contributed by atoms with Gasteiger partial charge in [0.2, 0.25) is 5.09 Å². The summed E-state index contributed by atoms with van der Waals surface area (Å²) in [5.41, 5.74) is 1.31. The smallest absolute Gasteiger partial charge is 0.273 e. The van der Waals surface area contributed by atoms with Crippen LogP contribution in [-0.2, 0) is 16.6 Å². The summed E-state index contributed by atoms with van der Waals surface area (Å²) >= 11 is 0. The maximum Gasteiger partial charge on any atom is 0.273 e. The number of hydrogen-bond donors (Lipinski definition) is 2. The van der Waals surface area contributed by atoms with Gasteiger partial charge >= 0.3 is 0 Å². The van der Waals surface area contributed by atoms with Gasteiger partial charge in [0.25, 0.3) is 10.0 Å². The Morgan fingerprint density at radius 1 is 1.39 bits per heavy atom. The summed E-state index contributed by atoms with van der Waals surface area (Å²) in [6.07, 6.45) is 6.25. The predicted octanol–water partition coefficient (Wildman–Crippen LogP) is 1.55. The first kappa shape index (κ1) is 13.3. The molecule has 0 spiro atoms. The van der Waals surface area contributed by atoms with Crippen LogP contribution in [0.2, 0.25) is 0 Å². The van der Waals surface area contributed by atoms with Crippen LogP contribution in [-0.4, -0.2) is 20.1 Å². The lowest BCUT2D eigenvalue weighted by atomic mass is 10.2. The van der Waals surface area contributed by atoms with E-state index in [-0.39, 0.29) is 17.5 Å². The average Bonchev–Trinajstić information content (AvgIpc) is 2.99. The number of aliphatic hydroxyl groups is 1. The summed E-state index contributed by atoms with van der Waals surface area (Å²) in [4.78, 5) is 0. The zero-order chi connectivity index (χ0) is 13.0. The monoisotopic (exact) mass is 271 g/mol. The second-order valence-electron chi connectivity index (χ2n) is 4.28. The van der Waals surface area contributed by atoms with Gasteiger partial charge in [-0.05, 0) is 37.8 Å². The zero-order valence-corrected chi connectivity index (χ0v) is 10.9. The first-order chi connectivity index (χ1) is 8.62. The van der Waals surface area contributed by atoms with Crippen LogP contribution in [0.1, 0.15) is 31.4 Å². The third-order valence-corrected chi connectivity index (χ3v) is 4.26. The van der Waals surface area contributed by atoms with Gasteiger partial charge in [0.15, 0.2) is 0 Å². The standard InChI is InChI=1S/C12H17NO4S/c14-9-11-5-6-12(17-11)18(15,16)13-8-7-10-3-1-2-4-10/h3,5-6,13-14H,1-2,4,7-9H2. The fourth-order valence-electron chi connectivity index (χ4n) is 1.97. The van der Waals surface area contributed by atoms with E-state index >= 15 is 0 Å². The van der Waals surface area contributed by atoms with E-state index in [9.17, 15) is 8.42 Å². The second kappa shape index (κ2) is 5.69. The first-order valence-corrected chi connectivity index (χ1v) is 7.47. The van der Waals surface area contributed by atoms with E-state index in [4.69, 9.17) is 9.52 Å². The zero-order valence-electron chi connectivity index (χ0n) is 10.1. The lowest BCUT2D eigenvalue weighted by Gasteiger charge is -2.04. The minimum atomic E-state index is -3.60. The van der Waals surface area contributed by atoms with Gasteiger partial charge in [-0.25, -0.2) is 13.1 Å². The minimum Gasteiger partial charge on any atom is -0.446 e. The van der Waals surface area contributed by atoms with Gasteiger partial charge < -0.3 is 9.52 Å². The molecule has 1 aliphatic rings. The van der Waals surface area contributed by atoms with Crippen LogP contribution in [0, 0.1) is 0 Å². The summed E-state index contributed by atoms with van der Waals surface area (Å²) in [5, 5.41) is 8.67. The molecule has 0 saturated heterocycles. The van der Waals surface area contributed by atoms with Crippen LogP contribution < -0.4 is 4.72 Å². The highest BCUT2D eigenvalue weighted by molar-refractivity contribution is 7.89. The number of aliphatic hydroxyl groups excluding tert-OH is 1. The summed E-state index contributed by atoms with van der Waals surface area (Å²) in [6, 6.07) is 2.80. The summed E-state index contributed by atoms with van der Waals surface area (Å²) in [6.45, 7) is 0.0751. The Labute approximate surface area is 107 Å². The normalized spacial score (nSPS) is 15.9. The number of hydrogen-bond acceptors (Lipinski definition) is 4. The molecule has 0 aliphatic heterocycles. The van der Waals surface area contributed by atoms with E-state index in [0.717, 1.165) is 19.3 Å². The Morgan fingerprint density at radius 2 is 2.22 bits per heavy atom. The first-order valence-electron chi connectivity index (χ1n) is 5.99. The molecule has 0 aromatic carbocycles. The van der Waals surface area contributed by atoms with E-state index in [1.54, 1.807) is 0 Å². The van der Waals surface area contributed by atoms with Crippen LogP contribution in [0.4, 0.5) is 0 Å². The molecule has 0 radical (unpaired) electrons. The lowest BCUT2D eigenvalue weighted by molar-refractivity contribution is 0.236. The fourth-order valence-corrected chi connectivity index (χ4v) is 2.95. The number of rotatable bonds is 6. The Morgan fingerprint density at radius 3 is 2.83 bits per heavy atom. The van der Waals surface area contributed by atoms with Crippen molar-refractivity contribution in [1.29, 1.82) is 0 Å². The van der Waals surface area contributed by atoms with Gasteiger partial charge in [0.05, 0.1) is 0 Å². The molecule has 0 unspecified atom stereocenters. The SMILES string of the molecule is O=S(=O)(NCCC1=CCCC1)c1ccc(CO)o1. The van der Waals surface area contributed by atoms with Crippen LogP contribution in [0.3, 0.4) is 0 Å². The molecule has 5 nitrogen and oxygen atoms in total. The van der Waals surface area contributed by atoms with Crippen LogP contribution in [0.5, 0.6) is 0 Å². The highest BCUT2D eigenvalue weighted by atomic mass is 32.2. The topological polar surface area (TPSA) is 79.5 Å². The van der Waals surface area contributed by atoms with Crippen molar-refractivity contribution in [3.05, 3.63) is 29.5 Å². The molecule has 6 heteroatoms. The van der Waals surface area contributed by atoms with Crippen molar-refractivity contribution in [2.24, 2.45) is 0 Å². The molecule has 0 bridgehead atoms. The van der Waals surface area contributed by atoms with E-state index < -0.39 is 10.0 Å². The van der Waals surface area contributed by atoms with Crippen molar-refractivity contribution in [1.82, 2.24) is 4.72 Å². The number of furan rings is 1. The van der Waals surface area contributed by atoms with E-state index in [0.29, 0.717) is 6.54 Å². The number of sulfonamides is 1.